The van der Waals surface area contributed by atoms with Crippen molar-refractivity contribution in [3.8, 4) is 11.1 Å². The number of nitrogens with zero attached hydrogens (tertiary/aromatic N) is 1. The van der Waals surface area contributed by atoms with Gasteiger partial charge in [0.15, 0.2) is 5.60 Å². The van der Waals surface area contributed by atoms with E-state index in [2.05, 4.69) is 17.4 Å². The Morgan fingerprint density at radius 1 is 1.15 bits per heavy atom. The average Bonchev–Trinajstić information content (AvgIpc) is 3.51. The van der Waals surface area contributed by atoms with Crippen molar-refractivity contribution in [2.45, 2.75) is 37.3 Å². The van der Waals surface area contributed by atoms with Gasteiger partial charge in [-0.15, -0.1) is 0 Å². The fourth-order valence-corrected chi connectivity index (χ4v) is 5.57. The molecule has 8 heteroatoms. The van der Waals surface area contributed by atoms with E-state index in [0.29, 0.717) is 26.0 Å². The number of nitrogens with one attached hydrogen (secondary N) is 1. The number of alkyl carbamates (subject to hydrolysis) is 1. The summed E-state index contributed by atoms with van der Waals surface area (Å²) in [7, 11) is 0. The summed E-state index contributed by atoms with van der Waals surface area (Å²) >= 11 is 0. The first kappa shape index (κ1) is 22.4. The van der Waals surface area contributed by atoms with E-state index in [9.17, 15) is 19.5 Å². The van der Waals surface area contributed by atoms with Gasteiger partial charge in [0.25, 0.3) is 0 Å². The Kier molecular flexibility index (Phi) is 5.77. The Hall–Kier alpha value is -3.39. The fourth-order valence-electron chi connectivity index (χ4n) is 5.57. The predicted octanol–water partition coefficient (Wildman–Crippen LogP) is 3.01. The van der Waals surface area contributed by atoms with E-state index in [0.717, 1.165) is 22.3 Å². The molecule has 0 aromatic heterocycles. The van der Waals surface area contributed by atoms with Crippen LogP contribution in [0.5, 0.6) is 0 Å². The Bertz CT molecular complexity index is 1090. The quantitative estimate of drug-likeness (QED) is 0.681. The monoisotopic (exact) mass is 464 g/mol. The summed E-state index contributed by atoms with van der Waals surface area (Å²) < 4.78 is 11.1. The van der Waals surface area contributed by atoms with Crippen molar-refractivity contribution < 1.29 is 29.0 Å². The highest BCUT2D eigenvalue weighted by Crippen LogP contribution is 2.44. The summed E-state index contributed by atoms with van der Waals surface area (Å²) in [6.45, 7) is 2.65. The van der Waals surface area contributed by atoms with E-state index in [1.807, 2.05) is 36.4 Å². The third kappa shape index (κ3) is 3.62. The second kappa shape index (κ2) is 8.76. The van der Waals surface area contributed by atoms with Gasteiger partial charge in [0.1, 0.15) is 12.6 Å². The van der Waals surface area contributed by atoms with E-state index in [1.165, 1.54) is 4.90 Å². The molecule has 0 radical (unpaired) electrons. The maximum Gasteiger partial charge on any atom is 0.407 e. The van der Waals surface area contributed by atoms with Gasteiger partial charge in [-0.1, -0.05) is 55.5 Å². The molecule has 8 nitrogen and oxygen atoms in total. The highest BCUT2D eigenvalue weighted by atomic mass is 16.5. The van der Waals surface area contributed by atoms with Crippen molar-refractivity contribution in [3.05, 3.63) is 59.7 Å². The molecular formula is C26H28N2O6. The maximum absolute atomic E-state index is 13.1. The number of hydrogen-bond donors (Lipinski definition) is 2. The maximum atomic E-state index is 13.1. The van der Waals surface area contributed by atoms with Crippen LogP contribution in [-0.2, 0) is 19.1 Å². The summed E-state index contributed by atoms with van der Waals surface area (Å²) in [5.74, 6) is -1.65. The number of carboxylic acids is 1. The van der Waals surface area contributed by atoms with E-state index >= 15 is 0 Å². The zero-order chi connectivity index (χ0) is 23.9. The van der Waals surface area contributed by atoms with E-state index in [4.69, 9.17) is 9.47 Å². The Morgan fingerprint density at radius 2 is 1.79 bits per heavy atom. The van der Waals surface area contributed by atoms with Crippen molar-refractivity contribution in [3.63, 3.8) is 0 Å². The molecule has 2 N–H and O–H groups in total. The number of likely N-dealkylation sites (tertiary alicyclic amines) is 1. The highest BCUT2D eigenvalue weighted by Gasteiger charge is 2.58. The molecule has 5 rings (SSSR count). The Labute approximate surface area is 197 Å². The number of amides is 2. The lowest BCUT2D eigenvalue weighted by molar-refractivity contribution is -0.161. The smallest absolute Gasteiger partial charge is 0.407 e. The van der Waals surface area contributed by atoms with E-state index < -0.39 is 23.7 Å². The summed E-state index contributed by atoms with van der Waals surface area (Å²) in [4.78, 5) is 39.1. The minimum absolute atomic E-state index is 0.00525. The number of fused-ring (bicyclic) bond motifs is 4. The second-order valence-corrected chi connectivity index (χ2v) is 9.18. The number of carbonyl (C=O) groups is 3. The first-order chi connectivity index (χ1) is 16.4. The van der Waals surface area contributed by atoms with Crippen molar-refractivity contribution in [1.29, 1.82) is 0 Å². The van der Waals surface area contributed by atoms with Gasteiger partial charge in [-0.05, 0) is 35.1 Å². The largest absolute Gasteiger partial charge is 0.479 e. The van der Waals surface area contributed by atoms with Crippen LogP contribution in [-0.4, -0.2) is 65.9 Å². The Balaban J connectivity index is 1.22. The van der Waals surface area contributed by atoms with Crippen LogP contribution in [0.2, 0.25) is 0 Å². The number of benzene rings is 2. The predicted molar refractivity (Wildman–Crippen MR) is 123 cm³/mol. The highest BCUT2D eigenvalue weighted by molar-refractivity contribution is 5.88. The zero-order valence-electron chi connectivity index (χ0n) is 19.0. The third-order valence-corrected chi connectivity index (χ3v) is 7.37. The molecule has 178 valence electrons. The summed E-state index contributed by atoms with van der Waals surface area (Å²) in [5, 5.41) is 12.4. The molecule has 2 fully saturated rings. The summed E-state index contributed by atoms with van der Waals surface area (Å²) in [6.07, 6.45) is 0.309. The van der Waals surface area contributed by atoms with Crippen LogP contribution >= 0.6 is 0 Å². The van der Waals surface area contributed by atoms with Gasteiger partial charge in [0, 0.05) is 25.0 Å². The first-order valence-corrected chi connectivity index (χ1v) is 11.7. The summed E-state index contributed by atoms with van der Waals surface area (Å²) in [6, 6.07) is 15.4. The molecule has 2 aromatic carbocycles. The van der Waals surface area contributed by atoms with Gasteiger partial charge >= 0.3 is 12.1 Å². The zero-order valence-corrected chi connectivity index (χ0v) is 19.0. The molecule has 34 heavy (non-hydrogen) atoms. The van der Waals surface area contributed by atoms with Gasteiger partial charge in [-0.25, -0.2) is 9.59 Å². The lowest BCUT2D eigenvalue weighted by atomic mass is 9.91. The molecule has 3 atom stereocenters. The molecule has 2 heterocycles. The van der Waals surface area contributed by atoms with Crippen LogP contribution in [0.25, 0.3) is 11.1 Å². The molecule has 2 aliphatic heterocycles. The van der Waals surface area contributed by atoms with Gasteiger partial charge < -0.3 is 24.8 Å². The number of aliphatic carboxylic acids is 1. The van der Waals surface area contributed by atoms with Crippen molar-refractivity contribution in [2.24, 2.45) is 5.92 Å². The molecule has 0 saturated carbocycles. The van der Waals surface area contributed by atoms with Crippen LogP contribution in [0.1, 0.15) is 36.8 Å². The van der Waals surface area contributed by atoms with Crippen LogP contribution in [0.15, 0.2) is 48.5 Å². The molecule has 0 bridgehead atoms. The van der Waals surface area contributed by atoms with Crippen LogP contribution in [0.3, 0.4) is 0 Å². The number of rotatable bonds is 6. The SMILES string of the molecule is CC[C@@H](NC(=O)OCC1c2ccccc2-c2ccccc21)C(=O)N1CC2CCOC2(C(=O)O)C1. The van der Waals surface area contributed by atoms with Crippen molar-refractivity contribution in [1.82, 2.24) is 10.2 Å². The Morgan fingerprint density at radius 3 is 2.38 bits per heavy atom. The van der Waals surface area contributed by atoms with Crippen LogP contribution in [0.4, 0.5) is 4.79 Å². The van der Waals surface area contributed by atoms with Gasteiger partial charge in [0.05, 0.1) is 6.54 Å². The molecule has 1 aliphatic carbocycles. The molecule has 2 saturated heterocycles. The minimum atomic E-state index is -1.34. The number of hydrogen-bond acceptors (Lipinski definition) is 5. The lowest BCUT2D eigenvalue weighted by Crippen LogP contribution is -2.50. The van der Waals surface area contributed by atoms with E-state index in [1.54, 1.807) is 6.92 Å². The molecular weight excluding hydrogens is 436 g/mol. The normalized spacial score (nSPS) is 23.7. The topological polar surface area (TPSA) is 105 Å². The standard InChI is InChI=1S/C26H28N2O6/c1-2-22(23(29)28-13-16-11-12-34-26(16,15-28)24(30)31)27-25(32)33-14-21-19-9-5-3-7-17(19)18-8-4-6-10-20(18)21/h3-10,16,21-22H,2,11-15H2,1H3,(H,27,32)(H,30,31)/t16?,22-,26?/m1/s1. The number of carbonyl (C=O) groups excluding carboxylic acids is 2. The number of carboxylic acid groups (broad SMARTS) is 1. The molecule has 2 aromatic rings. The second-order valence-electron chi connectivity index (χ2n) is 9.18. The van der Waals surface area contributed by atoms with Crippen LogP contribution < -0.4 is 5.32 Å². The van der Waals surface area contributed by atoms with Gasteiger partial charge in [-0.3, -0.25) is 4.79 Å². The lowest BCUT2D eigenvalue weighted by Gasteiger charge is -2.26. The molecule has 3 aliphatic rings. The molecule has 2 amide bonds. The van der Waals surface area contributed by atoms with Crippen molar-refractivity contribution >= 4 is 18.0 Å². The van der Waals surface area contributed by atoms with Crippen molar-refractivity contribution in [2.75, 3.05) is 26.3 Å². The first-order valence-electron chi connectivity index (χ1n) is 11.7. The summed E-state index contributed by atoms with van der Waals surface area (Å²) in [5.41, 5.74) is 3.17. The van der Waals surface area contributed by atoms with Crippen LogP contribution in [0, 0.1) is 5.92 Å². The van der Waals surface area contributed by atoms with Gasteiger partial charge in [0.2, 0.25) is 5.91 Å². The minimum Gasteiger partial charge on any atom is -0.479 e. The van der Waals surface area contributed by atoms with E-state index in [-0.39, 0.29) is 30.9 Å². The molecule has 0 spiro atoms. The van der Waals surface area contributed by atoms with Gasteiger partial charge in [-0.2, -0.15) is 0 Å². The average molecular weight is 465 g/mol. The molecule has 2 unspecified atom stereocenters. The third-order valence-electron chi connectivity index (χ3n) is 7.37. The number of ether oxygens (including phenoxy) is 2. The fraction of sp³-hybridized carbons (Fsp3) is 0.423.